The van der Waals surface area contributed by atoms with E-state index in [1.165, 1.54) is 0 Å². The maximum absolute atomic E-state index is 11.3. The van der Waals surface area contributed by atoms with E-state index in [0.717, 1.165) is 25.9 Å². The van der Waals surface area contributed by atoms with Crippen molar-refractivity contribution < 1.29 is 9.63 Å². The molecule has 0 spiro atoms. The second-order valence-electron chi connectivity index (χ2n) is 3.51. The molecule has 76 valence electrons. The number of rotatable bonds is 3. The van der Waals surface area contributed by atoms with Gasteiger partial charge in [0.2, 0.25) is 5.91 Å². The molecule has 0 saturated carbocycles. The number of nitrogens with zero attached hydrogens (tertiary/aromatic N) is 1. The summed E-state index contributed by atoms with van der Waals surface area (Å²) in [4.78, 5) is 17.8. The molecule has 4 heteroatoms. The molecule has 0 unspecified atom stereocenters. The smallest absolute Gasteiger partial charge is 0.222 e. The van der Waals surface area contributed by atoms with Crippen molar-refractivity contribution in [2.24, 2.45) is 11.8 Å². The molecule has 1 aliphatic heterocycles. The van der Waals surface area contributed by atoms with Gasteiger partial charge in [0.05, 0.1) is 6.61 Å². The number of piperidine rings is 1. The summed E-state index contributed by atoms with van der Waals surface area (Å²) in [6.45, 7) is 4.24. The summed E-state index contributed by atoms with van der Waals surface area (Å²) in [6, 6.07) is 0. The van der Waals surface area contributed by atoms with Crippen LogP contribution in [0.5, 0.6) is 0 Å². The molecule has 0 bridgehead atoms. The van der Waals surface area contributed by atoms with Crippen LogP contribution in [0, 0.1) is 5.92 Å². The predicted octanol–water partition coefficient (Wildman–Crippen LogP) is 0.525. The Kier molecular flexibility index (Phi) is 4.18. The molecule has 2 N–H and O–H groups in total. The van der Waals surface area contributed by atoms with Gasteiger partial charge in [-0.05, 0) is 18.8 Å². The number of nitrogens with two attached hydrogens (primary N) is 1. The van der Waals surface area contributed by atoms with Gasteiger partial charge in [-0.25, -0.2) is 5.90 Å². The minimum absolute atomic E-state index is 0.257. The van der Waals surface area contributed by atoms with Gasteiger partial charge in [-0.2, -0.15) is 0 Å². The summed E-state index contributed by atoms with van der Waals surface area (Å²) in [6.07, 6.45) is 2.64. The van der Waals surface area contributed by atoms with Gasteiger partial charge in [0.1, 0.15) is 0 Å². The van der Waals surface area contributed by atoms with E-state index in [4.69, 9.17) is 5.90 Å². The third kappa shape index (κ3) is 2.97. The van der Waals surface area contributed by atoms with Crippen LogP contribution in [0.2, 0.25) is 0 Å². The van der Waals surface area contributed by atoms with Crippen LogP contribution >= 0.6 is 0 Å². The maximum Gasteiger partial charge on any atom is 0.222 e. The van der Waals surface area contributed by atoms with Crippen molar-refractivity contribution >= 4 is 5.91 Å². The highest BCUT2D eigenvalue weighted by molar-refractivity contribution is 5.75. The zero-order valence-corrected chi connectivity index (χ0v) is 8.16. The quantitative estimate of drug-likeness (QED) is 0.654. The molecule has 1 rings (SSSR count). The first kappa shape index (κ1) is 10.5. The van der Waals surface area contributed by atoms with Gasteiger partial charge in [0.25, 0.3) is 0 Å². The third-order valence-electron chi connectivity index (χ3n) is 2.60. The first-order valence-electron chi connectivity index (χ1n) is 4.87. The molecule has 0 atom stereocenters. The molecule has 1 heterocycles. The van der Waals surface area contributed by atoms with Crippen molar-refractivity contribution in [1.82, 2.24) is 4.90 Å². The molecule has 1 saturated heterocycles. The molecule has 1 aliphatic rings. The van der Waals surface area contributed by atoms with E-state index in [9.17, 15) is 4.79 Å². The molecule has 1 amide bonds. The average molecular weight is 186 g/mol. The van der Waals surface area contributed by atoms with Gasteiger partial charge in [0, 0.05) is 19.5 Å². The molecule has 0 aliphatic carbocycles. The number of carbonyl (C=O) groups is 1. The largest absolute Gasteiger partial charge is 0.343 e. The van der Waals surface area contributed by atoms with Crippen LogP contribution in [0.3, 0.4) is 0 Å². The van der Waals surface area contributed by atoms with E-state index < -0.39 is 0 Å². The van der Waals surface area contributed by atoms with Crippen LogP contribution in [0.1, 0.15) is 26.2 Å². The van der Waals surface area contributed by atoms with Crippen molar-refractivity contribution in [2.75, 3.05) is 19.7 Å². The summed E-state index contributed by atoms with van der Waals surface area (Å²) < 4.78 is 0. The number of amides is 1. The Bertz CT molecular complexity index is 165. The first-order valence-corrected chi connectivity index (χ1v) is 4.87. The lowest BCUT2D eigenvalue weighted by molar-refractivity contribution is -0.132. The van der Waals surface area contributed by atoms with E-state index in [2.05, 4.69) is 4.84 Å². The highest BCUT2D eigenvalue weighted by Gasteiger charge is 2.21. The summed E-state index contributed by atoms with van der Waals surface area (Å²) in [5, 5.41) is 0. The predicted molar refractivity (Wildman–Crippen MR) is 49.7 cm³/mol. The second kappa shape index (κ2) is 5.19. The van der Waals surface area contributed by atoms with E-state index in [1.54, 1.807) is 0 Å². The Morgan fingerprint density at radius 2 is 2.15 bits per heavy atom. The average Bonchev–Trinajstić information content (AvgIpc) is 2.18. The fraction of sp³-hybridized carbons (Fsp3) is 0.889. The van der Waals surface area contributed by atoms with Crippen LogP contribution in [-0.2, 0) is 9.63 Å². The van der Waals surface area contributed by atoms with E-state index in [0.29, 0.717) is 18.9 Å². The second-order valence-corrected chi connectivity index (χ2v) is 3.51. The monoisotopic (exact) mass is 186 g/mol. The normalized spacial score (nSPS) is 19.1. The highest BCUT2D eigenvalue weighted by atomic mass is 16.6. The van der Waals surface area contributed by atoms with Crippen LogP contribution in [0.15, 0.2) is 0 Å². The van der Waals surface area contributed by atoms with Crippen molar-refractivity contribution in [1.29, 1.82) is 0 Å². The molecular formula is C9H18N2O2. The molecule has 1 fully saturated rings. The summed E-state index contributed by atoms with van der Waals surface area (Å²) in [7, 11) is 0. The van der Waals surface area contributed by atoms with Gasteiger partial charge < -0.3 is 9.74 Å². The fourth-order valence-electron chi connectivity index (χ4n) is 1.71. The molecular weight excluding hydrogens is 168 g/mol. The highest BCUT2D eigenvalue weighted by Crippen LogP contribution is 2.17. The minimum Gasteiger partial charge on any atom is -0.343 e. The van der Waals surface area contributed by atoms with Crippen molar-refractivity contribution in [2.45, 2.75) is 26.2 Å². The lowest BCUT2D eigenvalue weighted by atomic mass is 9.98. The Morgan fingerprint density at radius 3 is 2.62 bits per heavy atom. The van der Waals surface area contributed by atoms with Crippen LogP contribution in [0.25, 0.3) is 0 Å². The molecule has 0 aromatic heterocycles. The van der Waals surface area contributed by atoms with Crippen LogP contribution in [0.4, 0.5) is 0 Å². The van der Waals surface area contributed by atoms with Crippen molar-refractivity contribution in [3.8, 4) is 0 Å². The SMILES string of the molecule is CCC(=O)N1CCC(CON)CC1. The standard InChI is InChI=1S/C9H18N2O2/c1-2-9(12)11-5-3-8(4-6-11)7-13-10/h8H,2-7,10H2,1H3. The minimum atomic E-state index is 0.257. The maximum atomic E-state index is 11.3. The molecule has 4 nitrogen and oxygen atoms in total. The first-order chi connectivity index (χ1) is 6.27. The van der Waals surface area contributed by atoms with Gasteiger partial charge in [-0.3, -0.25) is 4.79 Å². The van der Waals surface area contributed by atoms with E-state index in [-0.39, 0.29) is 5.91 Å². The zero-order chi connectivity index (χ0) is 9.68. The van der Waals surface area contributed by atoms with Crippen molar-refractivity contribution in [3.63, 3.8) is 0 Å². The Balaban J connectivity index is 2.26. The summed E-state index contributed by atoms with van der Waals surface area (Å²) in [5.41, 5.74) is 0. The third-order valence-corrected chi connectivity index (χ3v) is 2.60. The number of carbonyl (C=O) groups excluding carboxylic acids is 1. The van der Waals surface area contributed by atoms with Gasteiger partial charge in [-0.1, -0.05) is 6.92 Å². The Labute approximate surface area is 79.0 Å². The molecule has 0 aromatic rings. The zero-order valence-electron chi connectivity index (χ0n) is 8.16. The van der Waals surface area contributed by atoms with E-state index >= 15 is 0 Å². The van der Waals surface area contributed by atoms with Crippen LogP contribution in [-0.4, -0.2) is 30.5 Å². The number of likely N-dealkylation sites (tertiary alicyclic amines) is 1. The van der Waals surface area contributed by atoms with Gasteiger partial charge >= 0.3 is 0 Å². The van der Waals surface area contributed by atoms with Crippen molar-refractivity contribution in [3.05, 3.63) is 0 Å². The van der Waals surface area contributed by atoms with Crippen LogP contribution < -0.4 is 5.90 Å². The van der Waals surface area contributed by atoms with Gasteiger partial charge in [0.15, 0.2) is 0 Å². The number of hydrogen-bond acceptors (Lipinski definition) is 3. The topological polar surface area (TPSA) is 55.6 Å². The lowest BCUT2D eigenvalue weighted by Gasteiger charge is -2.31. The number of hydrogen-bond donors (Lipinski definition) is 1. The Hall–Kier alpha value is -0.610. The molecule has 0 aromatic carbocycles. The van der Waals surface area contributed by atoms with Gasteiger partial charge in [-0.15, -0.1) is 0 Å². The molecule has 0 radical (unpaired) electrons. The van der Waals surface area contributed by atoms with E-state index in [1.807, 2.05) is 11.8 Å². The summed E-state index contributed by atoms with van der Waals surface area (Å²) >= 11 is 0. The summed E-state index contributed by atoms with van der Waals surface area (Å²) in [5.74, 6) is 5.79. The fourth-order valence-corrected chi connectivity index (χ4v) is 1.71. The Morgan fingerprint density at radius 1 is 1.54 bits per heavy atom. The lowest BCUT2D eigenvalue weighted by Crippen LogP contribution is -2.39. The molecule has 13 heavy (non-hydrogen) atoms.